The second kappa shape index (κ2) is 5.78. The van der Waals surface area contributed by atoms with Gasteiger partial charge in [0, 0.05) is 11.3 Å². The van der Waals surface area contributed by atoms with Crippen molar-refractivity contribution in [3.8, 4) is 12.3 Å². The monoisotopic (exact) mass is 204 g/mol. The molecule has 0 spiro atoms. The van der Waals surface area contributed by atoms with Gasteiger partial charge in [0.2, 0.25) is 0 Å². The maximum atomic E-state index is 5.29. The third kappa shape index (κ3) is 3.12. The van der Waals surface area contributed by atoms with Crippen LogP contribution < -0.4 is 0 Å². The van der Waals surface area contributed by atoms with E-state index < -0.39 is 0 Å². The molecule has 1 rings (SSSR count). The maximum absolute atomic E-state index is 5.29. The molecule has 0 N–H and O–H groups in total. The van der Waals surface area contributed by atoms with Crippen LogP contribution in [0.4, 0.5) is 0 Å². The zero-order valence-corrected chi connectivity index (χ0v) is 9.60. The summed E-state index contributed by atoms with van der Waals surface area (Å²) in [5.74, 6) is 4.30. The SMILES string of the molecule is C#CCC(C)c1ccc(SCC)cc1. The normalized spacial score (nSPS) is 12.1. The quantitative estimate of drug-likeness (QED) is 0.529. The van der Waals surface area contributed by atoms with Crippen molar-refractivity contribution in [2.75, 3.05) is 5.75 Å². The molecule has 1 aromatic carbocycles. The first-order chi connectivity index (χ1) is 6.77. The van der Waals surface area contributed by atoms with E-state index in [1.807, 2.05) is 11.8 Å². The molecule has 0 aliphatic carbocycles. The summed E-state index contributed by atoms with van der Waals surface area (Å²) in [5, 5.41) is 0. The molecule has 0 amide bonds. The van der Waals surface area contributed by atoms with Crippen LogP contribution in [0.5, 0.6) is 0 Å². The summed E-state index contributed by atoms with van der Waals surface area (Å²) in [6.07, 6.45) is 6.11. The van der Waals surface area contributed by atoms with Gasteiger partial charge in [0.1, 0.15) is 0 Å². The highest BCUT2D eigenvalue weighted by Crippen LogP contribution is 2.23. The van der Waals surface area contributed by atoms with Gasteiger partial charge in [-0.2, -0.15) is 0 Å². The molecule has 0 aliphatic rings. The van der Waals surface area contributed by atoms with E-state index in [0.717, 1.165) is 12.2 Å². The fourth-order valence-corrected chi connectivity index (χ4v) is 2.02. The van der Waals surface area contributed by atoms with E-state index in [-0.39, 0.29) is 0 Å². The fraction of sp³-hybridized carbons (Fsp3) is 0.385. The number of benzene rings is 1. The molecule has 0 bridgehead atoms. The average molecular weight is 204 g/mol. The van der Waals surface area contributed by atoms with Crippen LogP contribution in [0.3, 0.4) is 0 Å². The summed E-state index contributed by atoms with van der Waals surface area (Å²) < 4.78 is 0. The topological polar surface area (TPSA) is 0 Å². The van der Waals surface area contributed by atoms with Gasteiger partial charge < -0.3 is 0 Å². The largest absolute Gasteiger partial charge is 0.126 e. The predicted octanol–water partition coefficient (Wildman–Crippen LogP) is 3.93. The van der Waals surface area contributed by atoms with Crippen LogP contribution in [-0.2, 0) is 0 Å². The van der Waals surface area contributed by atoms with Crippen LogP contribution in [0.2, 0.25) is 0 Å². The number of thioether (sulfide) groups is 1. The van der Waals surface area contributed by atoms with Crippen molar-refractivity contribution in [3.05, 3.63) is 29.8 Å². The average Bonchev–Trinajstić information content (AvgIpc) is 2.20. The van der Waals surface area contributed by atoms with Crippen molar-refractivity contribution < 1.29 is 0 Å². The Balaban J connectivity index is 2.68. The maximum Gasteiger partial charge on any atom is 0.0152 e. The molecule has 0 fully saturated rings. The summed E-state index contributed by atoms with van der Waals surface area (Å²) in [7, 11) is 0. The minimum atomic E-state index is 0.473. The molecule has 1 unspecified atom stereocenters. The lowest BCUT2D eigenvalue weighted by Crippen LogP contribution is -1.91. The predicted molar refractivity (Wildman–Crippen MR) is 64.7 cm³/mol. The molecule has 74 valence electrons. The van der Waals surface area contributed by atoms with Gasteiger partial charge in [-0.3, -0.25) is 0 Å². The van der Waals surface area contributed by atoms with Crippen molar-refractivity contribution >= 4 is 11.8 Å². The first kappa shape index (κ1) is 11.2. The molecule has 0 saturated carbocycles. The lowest BCUT2D eigenvalue weighted by atomic mass is 9.98. The Morgan fingerprint density at radius 2 is 2.00 bits per heavy atom. The lowest BCUT2D eigenvalue weighted by Gasteiger charge is -2.08. The van der Waals surface area contributed by atoms with Gasteiger partial charge in [-0.15, -0.1) is 24.1 Å². The van der Waals surface area contributed by atoms with E-state index in [0.29, 0.717) is 5.92 Å². The standard InChI is InChI=1S/C13H16S/c1-4-6-11(3)12-7-9-13(10-8-12)14-5-2/h1,7-11H,5-6H2,2-3H3. The number of hydrogen-bond acceptors (Lipinski definition) is 1. The lowest BCUT2D eigenvalue weighted by molar-refractivity contribution is 0.795. The van der Waals surface area contributed by atoms with E-state index in [1.54, 1.807) is 0 Å². The van der Waals surface area contributed by atoms with Crippen molar-refractivity contribution in [3.63, 3.8) is 0 Å². The summed E-state index contributed by atoms with van der Waals surface area (Å²) in [6, 6.07) is 8.72. The third-order valence-electron chi connectivity index (χ3n) is 2.18. The molecule has 14 heavy (non-hydrogen) atoms. The second-order valence-electron chi connectivity index (χ2n) is 3.31. The highest BCUT2D eigenvalue weighted by Gasteiger charge is 2.02. The van der Waals surface area contributed by atoms with Gasteiger partial charge >= 0.3 is 0 Å². The van der Waals surface area contributed by atoms with Crippen LogP contribution in [0, 0.1) is 12.3 Å². The van der Waals surface area contributed by atoms with E-state index >= 15 is 0 Å². The van der Waals surface area contributed by atoms with Gasteiger partial charge in [0.15, 0.2) is 0 Å². The van der Waals surface area contributed by atoms with Gasteiger partial charge in [-0.25, -0.2) is 0 Å². The van der Waals surface area contributed by atoms with Crippen molar-refractivity contribution in [2.45, 2.75) is 31.1 Å². The van der Waals surface area contributed by atoms with E-state index in [4.69, 9.17) is 6.42 Å². The van der Waals surface area contributed by atoms with Crippen LogP contribution in [0.1, 0.15) is 31.7 Å². The molecule has 0 aromatic heterocycles. The first-order valence-electron chi connectivity index (χ1n) is 4.94. The minimum absolute atomic E-state index is 0.473. The molecule has 0 saturated heterocycles. The summed E-state index contributed by atoms with van der Waals surface area (Å²) in [5.41, 5.74) is 1.34. The fourth-order valence-electron chi connectivity index (χ4n) is 1.35. The number of hydrogen-bond donors (Lipinski definition) is 0. The molecule has 0 aliphatic heterocycles. The van der Waals surface area contributed by atoms with Crippen LogP contribution >= 0.6 is 11.8 Å². The Morgan fingerprint density at radius 3 is 2.50 bits per heavy atom. The number of terminal acetylenes is 1. The Kier molecular flexibility index (Phi) is 4.62. The zero-order chi connectivity index (χ0) is 10.4. The minimum Gasteiger partial charge on any atom is -0.126 e. The third-order valence-corrected chi connectivity index (χ3v) is 3.08. The zero-order valence-electron chi connectivity index (χ0n) is 8.79. The first-order valence-corrected chi connectivity index (χ1v) is 5.92. The highest BCUT2D eigenvalue weighted by atomic mass is 32.2. The van der Waals surface area contributed by atoms with Crippen LogP contribution in [0.15, 0.2) is 29.2 Å². The Hall–Kier alpha value is -0.870. The molecule has 1 heteroatoms. The van der Waals surface area contributed by atoms with Crippen LogP contribution in [-0.4, -0.2) is 5.75 Å². The Labute approximate surface area is 91.1 Å². The van der Waals surface area contributed by atoms with Gasteiger partial charge in [-0.05, 0) is 29.4 Å². The Bertz CT molecular complexity index is 305. The molecular formula is C13H16S. The van der Waals surface area contributed by atoms with Crippen molar-refractivity contribution in [1.29, 1.82) is 0 Å². The van der Waals surface area contributed by atoms with E-state index in [2.05, 4.69) is 44.0 Å². The van der Waals surface area contributed by atoms with Crippen LogP contribution in [0.25, 0.3) is 0 Å². The van der Waals surface area contributed by atoms with Crippen molar-refractivity contribution in [1.82, 2.24) is 0 Å². The summed E-state index contributed by atoms with van der Waals surface area (Å²) in [4.78, 5) is 1.34. The van der Waals surface area contributed by atoms with Gasteiger partial charge in [0.25, 0.3) is 0 Å². The highest BCUT2D eigenvalue weighted by molar-refractivity contribution is 7.99. The Morgan fingerprint density at radius 1 is 1.36 bits per heavy atom. The summed E-state index contributed by atoms with van der Waals surface area (Å²) in [6.45, 7) is 4.33. The van der Waals surface area contributed by atoms with E-state index in [1.165, 1.54) is 10.5 Å². The molecule has 1 aromatic rings. The van der Waals surface area contributed by atoms with E-state index in [9.17, 15) is 0 Å². The number of rotatable bonds is 4. The van der Waals surface area contributed by atoms with Gasteiger partial charge in [0.05, 0.1) is 0 Å². The van der Waals surface area contributed by atoms with Crippen molar-refractivity contribution in [2.24, 2.45) is 0 Å². The molecule has 0 heterocycles. The van der Waals surface area contributed by atoms with Gasteiger partial charge in [-0.1, -0.05) is 26.0 Å². The summed E-state index contributed by atoms with van der Waals surface area (Å²) >= 11 is 1.87. The second-order valence-corrected chi connectivity index (χ2v) is 4.65. The molecule has 0 nitrogen and oxygen atoms in total. The molecule has 1 atom stereocenters. The molecule has 0 radical (unpaired) electrons. The smallest absolute Gasteiger partial charge is 0.0152 e. The molecular weight excluding hydrogens is 188 g/mol.